The zero-order valence-electron chi connectivity index (χ0n) is 16.6. The number of aliphatic imine (C=N–C) groups is 1. The predicted molar refractivity (Wildman–Crippen MR) is 124 cm³/mol. The first-order valence-corrected chi connectivity index (χ1v) is 9.39. The number of hydrogen-bond acceptors (Lipinski definition) is 3. The fourth-order valence-electron chi connectivity index (χ4n) is 3.42. The van der Waals surface area contributed by atoms with Crippen molar-refractivity contribution in [1.29, 1.82) is 0 Å². The van der Waals surface area contributed by atoms with Crippen LogP contribution in [0.1, 0.15) is 12.0 Å². The van der Waals surface area contributed by atoms with Crippen LogP contribution in [0.5, 0.6) is 5.75 Å². The number of hydrogen-bond donors (Lipinski definition) is 2. The van der Waals surface area contributed by atoms with E-state index in [0.29, 0.717) is 24.5 Å². The van der Waals surface area contributed by atoms with E-state index in [0.717, 1.165) is 37.0 Å². The van der Waals surface area contributed by atoms with E-state index in [2.05, 4.69) is 26.6 Å². The molecule has 158 valence electrons. The van der Waals surface area contributed by atoms with Gasteiger partial charge in [-0.25, -0.2) is 8.78 Å². The topological polar surface area (TPSA) is 48.9 Å². The van der Waals surface area contributed by atoms with Gasteiger partial charge in [0.15, 0.2) is 5.96 Å². The van der Waals surface area contributed by atoms with Gasteiger partial charge in [-0.15, -0.1) is 24.0 Å². The highest BCUT2D eigenvalue weighted by atomic mass is 127. The summed E-state index contributed by atoms with van der Waals surface area (Å²) >= 11 is 0. The monoisotopic (exact) mass is 516 g/mol. The zero-order valence-corrected chi connectivity index (χ0v) is 19.0. The van der Waals surface area contributed by atoms with Crippen LogP contribution >= 0.6 is 24.0 Å². The van der Waals surface area contributed by atoms with Crippen LogP contribution in [0.2, 0.25) is 0 Å². The van der Waals surface area contributed by atoms with Crippen molar-refractivity contribution < 1.29 is 13.5 Å². The summed E-state index contributed by atoms with van der Waals surface area (Å²) in [5.41, 5.74) is 1.57. The first-order valence-electron chi connectivity index (χ1n) is 9.39. The maximum atomic E-state index is 13.7. The van der Waals surface area contributed by atoms with Crippen LogP contribution in [0.3, 0.4) is 0 Å². The molecule has 0 radical (unpaired) electrons. The van der Waals surface area contributed by atoms with Gasteiger partial charge in [-0.1, -0.05) is 18.2 Å². The van der Waals surface area contributed by atoms with Gasteiger partial charge in [0.2, 0.25) is 0 Å². The summed E-state index contributed by atoms with van der Waals surface area (Å²) in [5, 5.41) is 6.61. The molecule has 1 saturated heterocycles. The molecule has 0 bridgehead atoms. The summed E-state index contributed by atoms with van der Waals surface area (Å²) in [6, 6.07) is 11.9. The standard InChI is InChI=1S/C21H26F2N4O.HI/c1-24-21(25-11-9-15-7-8-16(22)13-18(15)23)26-17-10-12-27(14-17)19-5-3-4-6-20(19)28-2;/h3-8,13,17H,9-12,14H2,1-2H3,(H2,24,25,26);1H. The molecule has 1 heterocycles. The Kier molecular flexibility index (Phi) is 8.94. The average Bonchev–Trinajstić information content (AvgIpc) is 3.17. The minimum Gasteiger partial charge on any atom is -0.495 e. The van der Waals surface area contributed by atoms with E-state index < -0.39 is 11.6 Å². The number of benzene rings is 2. The summed E-state index contributed by atoms with van der Waals surface area (Å²) in [6.45, 7) is 2.27. The summed E-state index contributed by atoms with van der Waals surface area (Å²) in [7, 11) is 3.39. The third-order valence-electron chi connectivity index (χ3n) is 4.88. The molecule has 1 aliphatic rings. The molecule has 2 N–H and O–H groups in total. The Morgan fingerprint density at radius 1 is 1.24 bits per heavy atom. The van der Waals surface area contributed by atoms with E-state index in [1.807, 2.05) is 18.2 Å². The molecule has 1 unspecified atom stereocenters. The number of nitrogens with zero attached hydrogens (tertiary/aromatic N) is 2. The maximum absolute atomic E-state index is 13.7. The normalized spacial score (nSPS) is 16.3. The highest BCUT2D eigenvalue weighted by Gasteiger charge is 2.25. The van der Waals surface area contributed by atoms with Crippen molar-refractivity contribution >= 4 is 35.6 Å². The Bertz CT molecular complexity index is 834. The van der Waals surface area contributed by atoms with Crippen LogP contribution in [0.4, 0.5) is 14.5 Å². The van der Waals surface area contributed by atoms with Crippen LogP contribution < -0.4 is 20.3 Å². The lowest BCUT2D eigenvalue weighted by Crippen LogP contribution is -2.45. The number of anilines is 1. The second kappa shape index (κ2) is 11.2. The SMILES string of the molecule is CN=C(NCCc1ccc(F)cc1F)NC1CCN(c2ccccc2OC)C1.I. The molecule has 0 aromatic heterocycles. The van der Waals surface area contributed by atoms with Crippen molar-refractivity contribution in [2.75, 3.05) is 38.7 Å². The molecule has 0 saturated carbocycles. The van der Waals surface area contributed by atoms with Crippen LogP contribution in [-0.2, 0) is 6.42 Å². The molecule has 29 heavy (non-hydrogen) atoms. The van der Waals surface area contributed by atoms with Gasteiger partial charge >= 0.3 is 0 Å². The minimum absolute atomic E-state index is 0. The molecule has 5 nitrogen and oxygen atoms in total. The number of para-hydroxylation sites is 2. The van der Waals surface area contributed by atoms with E-state index in [9.17, 15) is 8.78 Å². The molecule has 1 atom stereocenters. The Morgan fingerprint density at radius 3 is 2.76 bits per heavy atom. The summed E-state index contributed by atoms with van der Waals surface area (Å²) < 4.78 is 32.2. The zero-order chi connectivity index (χ0) is 19.9. The number of guanidine groups is 1. The second-order valence-electron chi connectivity index (χ2n) is 6.73. The number of rotatable bonds is 6. The van der Waals surface area contributed by atoms with Gasteiger partial charge < -0.3 is 20.3 Å². The fourth-order valence-corrected chi connectivity index (χ4v) is 3.42. The number of halogens is 3. The van der Waals surface area contributed by atoms with Gasteiger partial charge in [-0.2, -0.15) is 0 Å². The molecule has 0 amide bonds. The summed E-state index contributed by atoms with van der Waals surface area (Å²) in [5.74, 6) is 0.460. The molecule has 2 aromatic carbocycles. The Balaban J connectivity index is 0.00000300. The highest BCUT2D eigenvalue weighted by molar-refractivity contribution is 14.0. The maximum Gasteiger partial charge on any atom is 0.191 e. The Hall–Kier alpha value is -2.10. The van der Waals surface area contributed by atoms with E-state index in [4.69, 9.17) is 4.74 Å². The molecule has 3 rings (SSSR count). The third kappa shape index (κ3) is 6.19. The third-order valence-corrected chi connectivity index (χ3v) is 4.88. The Labute approximate surface area is 187 Å². The van der Waals surface area contributed by atoms with Crippen molar-refractivity contribution in [3.05, 3.63) is 59.7 Å². The smallest absolute Gasteiger partial charge is 0.191 e. The van der Waals surface area contributed by atoms with Crippen molar-refractivity contribution in [2.24, 2.45) is 4.99 Å². The molecule has 2 aromatic rings. The van der Waals surface area contributed by atoms with Crippen LogP contribution in [0.25, 0.3) is 0 Å². The van der Waals surface area contributed by atoms with Crippen molar-refractivity contribution in [3.63, 3.8) is 0 Å². The predicted octanol–water partition coefficient (Wildman–Crippen LogP) is 3.58. The fraction of sp³-hybridized carbons (Fsp3) is 0.381. The molecular formula is C21H27F2IN4O. The highest BCUT2D eigenvalue weighted by Crippen LogP contribution is 2.30. The Morgan fingerprint density at radius 2 is 2.03 bits per heavy atom. The lowest BCUT2D eigenvalue weighted by molar-refractivity contribution is 0.415. The van der Waals surface area contributed by atoms with Gasteiger partial charge in [-0.3, -0.25) is 4.99 Å². The van der Waals surface area contributed by atoms with Gasteiger partial charge in [0.05, 0.1) is 12.8 Å². The molecule has 8 heteroatoms. The van der Waals surface area contributed by atoms with E-state index in [1.165, 1.54) is 12.1 Å². The van der Waals surface area contributed by atoms with Crippen LogP contribution in [0.15, 0.2) is 47.5 Å². The first kappa shape index (κ1) is 23.2. The molecule has 1 fully saturated rings. The largest absolute Gasteiger partial charge is 0.495 e. The van der Waals surface area contributed by atoms with Crippen molar-refractivity contribution in [2.45, 2.75) is 18.9 Å². The quantitative estimate of drug-likeness (QED) is 0.350. The lowest BCUT2D eigenvalue weighted by atomic mass is 10.1. The number of ether oxygens (including phenoxy) is 1. The summed E-state index contributed by atoms with van der Waals surface area (Å²) in [6.07, 6.45) is 1.43. The first-order chi connectivity index (χ1) is 13.6. The lowest BCUT2D eigenvalue weighted by Gasteiger charge is -2.22. The van der Waals surface area contributed by atoms with Crippen molar-refractivity contribution in [1.82, 2.24) is 10.6 Å². The molecular weight excluding hydrogens is 489 g/mol. The molecule has 0 spiro atoms. The average molecular weight is 516 g/mol. The summed E-state index contributed by atoms with van der Waals surface area (Å²) in [4.78, 5) is 6.54. The van der Waals surface area contributed by atoms with Crippen LogP contribution in [-0.4, -0.2) is 45.8 Å². The molecule has 0 aliphatic carbocycles. The van der Waals surface area contributed by atoms with Gasteiger partial charge in [0, 0.05) is 38.8 Å². The van der Waals surface area contributed by atoms with Crippen molar-refractivity contribution in [3.8, 4) is 5.75 Å². The van der Waals surface area contributed by atoms with E-state index >= 15 is 0 Å². The van der Waals surface area contributed by atoms with Gasteiger partial charge in [0.25, 0.3) is 0 Å². The van der Waals surface area contributed by atoms with Gasteiger partial charge in [0.1, 0.15) is 17.4 Å². The number of methoxy groups -OCH3 is 1. The number of nitrogens with one attached hydrogen (secondary N) is 2. The van der Waals surface area contributed by atoms with E-state index in [-0.39, 0.29) is 30.0 Å². The second-order valence-corrected chi connectivity index (χ2v) is 6.73. The molecule has 1 aliphatic heterocycles. The minimum atomic E-state index is -0.562. The van der Waals surface area contributed by atoms with E-state index in [1.54, 1.807) is 14.2 Å². The van der Waals surface area contributed by atoms with Crippen LogP contribution in [0, 0.1) is 11.6 Å². The van der Waals surface area contributed by atoms with Gasteiger partial charge in [-0.05, 0) is 36.6 Å².